The van der Waals surface area contributed by atoms with Gasteiger partial charge in [0.05, 0.1) is 19.8 Å². The number of hydrogen-bond acceptors (Lipinski definition) is 4. The number of aromatic hydroxyl groups is 1. The normalized spacial score (nSPS) is 9.74. The maximum Gasteiger partial charge on any atom is 0.133 e. The quantitative estimate of drug-likeness (QED) is 0.915. The molecule has 0 fully saturated rings. The van der Waals surface area contributed by atoms with Crippen LogP contribution in [0.5, 0.6) is 17.2 Å². The number of methoxy groups -OCH3 is 2. The largest absolute Gasteiger partial charge is 0.507 e. The Bertz CT molecular complexity index is 644. The van der Waals surface area contributed by atoms with Gasteiger partial charge in [0.15, 0.2) is 0 Å². The zero-order valence-corrected chi connectivity index (χ0v) is 10.7. The lowest BCUT2D eigenvalue weighted by atomic mass is 10.0. The first-order valence-corrected chi connectivity index (χ1v) is 5.65. The zero-order chi connectivity index (χ0) is 13.8. The highest BCUT2D eigenvalue weighted by molar-refractivity contribution is 5.73. The minimum absolute atomic E-state index is 0.0290. The number of rotatable bonds is 3. The van der Waals surface area contributed by atoms with Gasteiger partial charge in [0, 0.05) is 11.6 Å². The molecule has 0 unspecified atom stereocenters. The summed E-state index contributed by atoms with van der Waals surface area (Å²) in [4.78, 5) is 0. The second kappa shape index (κ2) is 5.32. The predicted octanol–water partition coefficient (Wildman–Crippen LogP) is 2.95. The molecule has 96 valence electrons. The van der Waals surface area contributed by atoms with E-state index in [4.69, 9.17) is 14.7 Å². The third-order valence-corrected chi connectivity index (χ3v) is 2.84. The van der Waals surface area contributed by atoms with E-state index in [1.807, 2.05) is 18.2 Å². The van der Waals surface area contributed by atoms with E-state index in [9.17, 15) is 5.11 Å². The van der Waals surface area contributed by atoms with Gasteiger partial charge in [-0.2, -0.15) is 5.26 Å². The van der Waals surface area contributed by atoms with Crippen LogP contribution in [0, 0.1) is 11.3 Å². The molecule has 0 aliphatic carbocycles. The molecule has 0 saturated heterocycles. The first kappa shape index (κ1) is 12.8. The molecular formula is C15H13NO3. The van der Waals surface area contributed by atoms with Gasteiger partial charge in [-0.1, -0.05) is 6.07 Å². The van der Waals surface area contributed by atoms with Crippen molar-refractivity contribution in [2.75, 3.05) is 14.2 Å². The molecule has 2 aromatic carbocycles. The molecule has 0 aromatic heterocycles. The standard InChI is InChI=1S/C15H13NO3/c1-18-12-4-5-13(15(8-12)19-2)10-3-6-14(17)11(7-10)9-16/h3-8,17H,1-2H3. The van der Waals surface area contributed by atoms with Crippen LogP contribution in [0.25, 0.3) is 11.1 Å². The van der Waals surface area contributed by atoms with E-state index in [0.29, 0.717) is 11.5 Å². The minimum atomic E-state index is -0.0290. The van der Waals surface area contributed by atoms with Crippen LogP contribution in [0.4, 0.5) is 0 Å². The van der Waals surface area contributed by atoms with Gasteiger partial charge in [-0.25, -0.2) is 0 Å². The van der Waals surface area contributed by atoms with Gasteiger partial charge in [-0.15, -0.1) is 0 Å². The van der Waals surface area contributed by atoms with E-state index in [1.54, 1.807) is 32.4 Å². The fourth-order valence-electron chi connectivity index (χ4n) is 1.83. The highest BCUT2D eigenvalue weighted by atomic mass is 16.5. The molecule has 0 spiro atoms. The average Bonchev–Trinajstić information content (AvgIpc) is 2.47. The summed E-state index contributed by atoms with van der Waals surface area (Å²) in [7, 11) is 3.16. The average molecular weight is 255 g/mol. The molecule has 0 saturated carbocycles. The van der Waals surface area contributed by atoms with Crippen molar-refractivity contribution < 1.29 is 14.6 Å². The number of phenolic OH excluding ortho intramolecular Hbond substituents is 1. The molecule has 4 heteroatoms. The number of nitriles is 1. The highest BCUT2D eigenvalue weighted by Crippen LogP contribution is 2.34. The summed E-state index contributed by atoms with van der Waals surface area (Å²) in [5, 5.41) is 18.5. The van der Waals surface area contributed by atoms with Gasteiger partial charge in [0.1, 0.15) is 23.3 Å². The molecular weight excluding hydrogens is 242 g/mol. The summed E-state index contributed by atoms with van der Waals surface area (Å²) in [6.07, 6.45) is 0. The lowest BCUT2D eigenvalue weighted by Crippen LogP contribution is -1.91. The van der Waals surface area contributed by atoms with Gasteiger partial charge in [0.25, 0.3) is 0 Å². The Morgan fingerprint density at radius 3 is 2.47 bits per heavy atom. The number of phenols is 1. The maximum absolute atomic E-state index is 9.52. The lowest BCUT2D eigenvalue weighted by molar-refractivity contribution is 0.395. The lowest BCUT2D eigenvalue weighted by Gasteiger charge is -2.11. The van der Waals surface area contributed by atoms with Crippen LogP contribution in [-0.4, -0.2) is 19.3 Å². The molecule has 1 N–H and O–H groups in total. The second-order valence-electron chi connectivity index (χ2n) is 3.91. The topological polar surface area (TPSA) is 62.5 Å². The van der Waals surface area contributed by atoms with E-state index in [1.165, 1.54) is 6.07 Å². The third-order valence-electron chi connectivity index (χ3n) is 2.84. The first-order valence-electron chi connectivity index (χ1n) is 5.65. The van der Waals surface area contributed by atoms with Crippen molar-refractivity contribution in [3.8, 4) is 34.4 Å². The van der Waals surface area contributed by atoms with Gasteiger partial charge >= 0.3 is 0 Å². The van der Waals surface area contributed by atoms with E-state index < -0.39 is 0 Å². The molecule has 0 heterocycles. The number of benzene rings is 2. The predicted molar refractivity (Wildman–Crippen MR) is 71.4 cm³/mol. The second-order valence-corrected chi connectivity index (χ2v) is 3.91. The Kier molecular flexibility index (Phi) is 3.58. The number of hydrogen-bond donors (Lipinski definition) is 1. The van der Waals surface area contributed by atoms with Crippen LogP contribution in [0.3, 0.4) is 0 Å². The van der Waals surface area contributed by atoms with Gasteiger partial charge in [-0.3, -0.25) is 0 Å². The molecule has 0 radical (unpaired) electrons. The fourth-order valence-corrected chi connectivity index (χ4v) is 1.83. The summed E-state index contributed by atoms with van der Waals surface area (Å²) in [5.41, 5.74) is 1.86. The summed E-state index contributed by atoms with van der Waals surface area (Å²) in [6, 6.07) is 12.2. The van der Waals surface area contributed by atoms with Crippen molar-refractivity contribution in [1.29, 1.82) is 5.26 Å². The van der Waals surface area contributed by atoms with E-state index >= 15 is 0 Å². The smallest absolute Gasteiger partial charge is 0.133 e. The SMILES string of the molecule is COc1ccc(-c2ccc(O)c(C#N)c2)c(OC)c1. The summed E-state index contributed by atoms with van der Waals surface area (Å²) in [6.45, 7) is 0. The van der Waals surface area contributed by atoms with Crippen LogP contribution < -0.4 is 9.47 Å². The van der Waals surface area contributed by atoms with Gasteiger partial charge < -0.3 is 14.6 Å². The van der Waals surface area contributed by atoms with Crippen molar-refractivity contribution in [3.63, 3.8) is 0 Å². The molecule has 4 nitrogen and oxygen atoms in total. The molecule has 0 amide bonds. The Morgan fingerprint density at radius 1 is 1.05 bits per heavy atom. The van der Waals surface area contributed by atoms with Crippen LogP contribution in [-0.2, 0) is 0 Å². The van der Waals surface area contributed by atoms with Gasteiger partial charge in [0.2, 0.25) is 0 Å². The van der Waals surface area contributed by atoms with Crippen molar-refractivity contribution in [3.05, 3.63) is 42.0 Å². The molecule has 0 aliphatic heterocycles. The van der Waals surface area contributed by atoms with Crippen molar-refractivity contribution in [1.82, 2.24) is 0 Å². The molecule has 0 atom stereocenters. The monoisotopic (exact) mass is 255 g/mol. The van der Waals surface area contributed by atoms with Crippen molar-refractivity contribution in [2.24, 2.45) is 0 Å². The number of ether oxygens (including phenoxy) is 2. The number of nitrogens with zero attached hydrogens (tertiary/aromatic N) is 1. The molecule has 19 heavy (non-hydrogen) atoms. The zero-order valence-electron chi connectivity index (χ0n) is 10.7. The molecule has 0 aliphatic rings. The van der Waals surface area contributed by atoms with Crippen LogP contribution >= 0.6 is 0 Å². The van der Waals surface area contributed by atoms with E-state index in [0.717, 1.165) is 11.1 Å². The molecule has 2 rings (SSSR count). The Morgan fingerprint density at radius 2 is 1.84 bits per heavy atom. The Balaban J connectivity index is 2.56. The summed E-state index contributed by atoms with van der Waals surface area (Å²) < 4.78 is 10.5. The molecule has 0 bridgehead atoms. The van der Waals surface area contributed by atoms with Crippen molar-refractivity contribution >= 4 is 0 Å². The highest BCUT2D eigenvalue weighted by Gasteiger charge is 2.09. The van der Waals surface area contributed by atoms with Crippen LogP contribution in [0.1, 0.15) is 5.56 Å². The summed E-state index contributed by atoms with van der Waals surface area (Å²) >= 11 is 0. The maximum atomic E-state index is 9.52. The van der Waals surface area contributed by atoms with Crippen molar-refractivity contribution in [2.45, 2.75) is 0 Å². The molecule has 2 aromatic rings. The van der Waals surface area contributed by atoms with Crippen LogP contribution in [0.15, 0.2) is 36.4 Å². The van der Waals surface area contributed by atoms with E-state index in [-0.39, 0.29) is 11.3 Å². The van der Waals surface area contributed by atoms with Crippen LogP contribution in [0.2, 0.25) is 0 Å². The third kappa shape index (κ3) is 2.45. The minimum Gasteiger partial charge on any atom is -0.507 e. The summed E-state index contributed by atoms with van der Waals surface area (Å²) in [5.74, 6) is 1.31. The Labute approximate surface area is 111 Å². The van der Waals surface area contributed by atoms with E-state index in [2.05, 4.69) is 0 Å². The Hall–Kier alpha value is -2.67. The fraction of sp³-hybridized carbons (Fsp3) is 0.133. The van der Waals surface area contributed by atoms with Gasteiger partial charge in [-0.05, 0) is 29.8 Å². The first-order chi connectivity index (χ1) is 9.19.